The molecule has 1 heterocycles. The molecule has 0 bridgehead atoms. The van der Waals surface area contributed by atoms with Crippen LogP contribution in [0, 0.1) is 0 Å². The van der Waals surface area contributed by atoms with Crippen LogP contribution in [0.5, 0.6) is 0 Å². The van der Waals surface area contributed by atoms with Crippen molar-refractivity contribution in [2.45, 2.75) is 71.2 Å². The van der Waals surface area contributed by atoms with E-state index in [4.69, 9.17) is 9.47 Å². The van der Waals surface area contributed by atoms with Crippen LogP contribution >= 0.6 is 0 Å². The fourth-order valence-corrected chi connectivity index (χ4v) is 3.11. The molecule has 27 heavy (non-hydrogen) atoms. The quantitative estimate of drug-likeness (QED) is 0.198. The van der Waals surface area contributed by atoms with E-state index in [2.05, 4.69) is 42.1 Å². The number of rotatable bonds is 15. The zero-order valence-electron chi connectivity index (χ0n) is 17.5. The van der Waals surface area contributed by atoms with Gasteiger partial charge in [-0.2, -0.15) is 0 Å². The van der Waals surface area contributed by atoms with Gasteiger partial charge in [0.2, 0.25) is 0 Å². The van der Waals surface area contributed by atoms with Gasteiger partial charge in [0, 0.05) is 25.1 Å². The van der Waals surface area contributed by atoms with Crippen molar-refractivity contribution in [3.63, 3.8) is 0 Å². The molecule has 3 atom stereocenters. The summed E-state index contributed by atoms with van der Waals surface area (Å²) in [5, 5.41) is 20.0. The molecule has 4 N–H and O–H groups in total. The van der Waals surface area contributed by atoms with Crippen LogP contribution < -0.4 is 16.0 Å². The minimum Gasteiger partial charge on any atom is -0.386 e. The second-order valence-electron chi connectivity index (χ2n) is 6.95. The minimum atomic E-state index is -0.707. The summed E-state index contributed by atoms with van der Waals surface area (Å²) in [6, 6.07) is 0.650. The van der Waals surface area contributed by atoms with Crippen LogP contribution in [0.25, 0.3) is 0 Å². The van der Waals surface area contributed by atoms with Crippen LogP contribution in [0.4, 0.5) is 0 Å². The molecule has 0 unspecified atom stereocenters. The molecule has 0 saturated heterocycles. The van der Waals surface area contributed by atoms with Crippen LogP contribution in [0.3, 0.4) is 0 Å². The molecule has 0 radical (unpaired) electrons. The molecule has 0 saturated carbocycles. The Bertz CT molecular complexity index is 415. The van der Waals surface area contributed by atoms with E-state index < -0.39 is 6.29 Å². The van der Waals surface area contributed by atoms with Gasteiger partial charge in [-0.3, -0.25) is 0 Å². The molecule has 0 amide bonds. The molecule has 1 rings (SSSR count). The van der Waals surface area contributed by atoms with E-state index in [0.29, 0.717) is 25.1 Å². The van der Waals surface area contributed by atoms with Gasteiger partial charge < -0.3 is 30.5 Å². The third kappa shape index (κ3) is 12.2. The smallest absolute Gasteiger partial charge is 0.157 e. The first-order chi connectivity index (χ1) is 13.2. The normalized spacial score (nSPS) is 20.1. The molecule has 0 aromatic carbocycles. The van der Waals surface area contributed by atoms with Gasteiger partial charge >= 0.3 is 0 Å². The highest BCUT2D eigenvalue weighted by molar-refractivity contribution is 5.04. The van der Waals surface area contributed by atoms with Crippen LogP contribution in [-0.4, -0.2) is 62.9 Å². The number of hydrogen-bond acceptors (Lipinski definition) is 6. The van der Waals surface area contributed by atoms with Gasteiger partial charge in [0.05, 0.1) is 13.2 Å². The predicted octanol–water partition coefficient (Wildman–Crippen LogP) is 2.31. The molecular formula is C21H41N3O3. The zero-order chi connectivity index (χ0) is 19.7. The van der Waals surface area contributed by atoms with Gasteiger partial charge in [-0.1, -0.05) is 26.0 Å². The first kappa shape index (κ1) is 24.1. The SMILES string of the molecule is CCNCCCC1=CN[C@H](CC[C@@H](/C=C\C[C@H](O)OCC)NCC)COC1. The van der Waals surface area contributed by atoms with Crippen molar-refractivity contribution in [1.29, 1.82) is 0 Å². The van der Waals surface area contributed by atoms with Crippen molar-refractivity contribution in [2.24, 2.45) is 0 Å². The van der Waals surface area contributed by atoms with Crippen molar-refractivity contribution in [1.82, 2.24) is 16.0 Å². The Kier molecular flexibility index (Phi) is 14.4. The number of ether oxygens (including phenoxy) is 2. The number of likely N-dealkylation sites (N-methyl/N-ethyl adjacent to an activating group) is 1. The lowest BCUT2D eigenvalue weighted by molar-refractivity contribution is -0.0911. The minimum absolute atomic E-state index is 0.303. The number of hydrogen-bond donors (Lipinski definition) is 4. The second-order valence-corrected chi connectivity index (χ2v) is 6.95. The van der Waals surface area contributed by atoms with Crippen molar-refractivity contribution >= 4 is 0 Å². The van der Waals surface area contributed by atoms with Gasteiger partial charge in [-0.25, -0.2) is 0 Å². The molecule has 1 aliphatic heterocycles. The summed E-state index contributed by atoms with van der Waals surface area (Å²) in [7, 11) is 0. The van der Waals surface area contributed by atoms with Crippen molar-refractivity contribution in [3.8, 4) is 0 Å². The van der Waals surface area contributed by atoms with E-state index in [1.807, 2.05) is 13.0 Å². The Hall–Kier alpha value is -0.920. The lowest BCUT2D eigenvalue weighted by Crippen LogP contribution is -2.33. The van der Waals surface area contributed by atoms with E-state index in [1.54, 1.807) is 0 Å². The molecule has 0 aromatic rings. The highest BCUT2D eigenvalue weighted by Crippen LogP contribution is 2.12. The van der Waals surface area contributed by atoms with Crippen molar-refractivity contribution in [2.75, 3.05) is 39.5 Å². The monoisotopic (exact) mass is 383 g/mol. The van der Waals surface area contributed by atoms with Crippen molar-refractivity contribution in [3.05, 3.63) is 23.9 Å². The fraction of sp³-hybridized carbons (Fsp3) is 0.810. The van der Waals surface area contributed by atoms with Crippen molar-refractivity contribution < 1.29 is 14.6 Å². The van der Waals surface area contributed by atoms with Crippen LogP contribution in [-0.2, 0) is 9.47 Å². The lowest BCUT2D eigenvalue weighted by Gasteiger charge is -2.19. The van der Waals surface area contributed by atoms with E-state index >= 15 is 0 Å². The summed E-state index contributed by atoms with van der Waals surface area (Å²) >= 11 is 0. The molecular weight excluding hydrogens is 342 g/mol. The molecule has 0 aromatic heterocycles. The van der Waals surface area contributed by atoms with Crippen LogP contribution in [0.15, 0.2) is 23.9 Å². The summed E-state index contributed by atoms with van der Waals surface area (Å²) in [6.07, 6.45) is 10.4. The summed E-state index contributed by atoms with van der Waals surface area (Å²) in [4.78, 5) is 0. The van der Waals surface area contributed by atoms with E-state index in [-0.39, 0.29) is 0 Å². The zero-order valence-corrected chi connectivity index (χ0v) is 17.5. The molecule has 1 aliphatic rings. The molecule has 0 fully saturated rings. The third-order valence-electron chi connectivity index (χ3n) is 4.59. The Morgan fingerprint density at radius 2 is 2.22 bits per heavy atom. The maximum absolute atomic E-state index is 9.64. The van der Waals surface area contributed by atoms with Gasteiger partial charge in [-0.15, -0.1) is 0 Å². The summed E-state index contributed by atoms with van der Waals surface area (Å²) < 4.78 is 11.0. The number of nitrogens with one attached hydrogen (secondary N) is 3. The third-order valence-corrected chi connectivity index (χ3v) is 4.59. The largest absolute Gasteiger partial charge is 0.386 e. The first-order valence-corrected chi connectivity index (χ1v) is 10.6. The Balaban J connectivity index is 2.35. The summed E-state index contributed by atoms with van der Waals surface area (Å²) in [6.45, 7) is 11.2. The van der Waals surface area contributed by atoms with Gasteiger partial charge in [-0.05, 0) is 64.0 Å². The molecule has 0 spiro atoms. The molecule has 158 valence electrons. The van der Waals surface area contributed by atoms with Gasteiger partial charge in [0.15, 0.2) is 6.29 Å². The Morgan fingerprint density at radius 3 is 2.96 bits per heavy atom. The molecule has 6 heteroatoms. The average molecular weight is 384 g/mol. The standard InChI is InChI=1S/C21H41N3O3/c1-4-22-14-8-9-18-15-24-20(17-26-16-18)13-12-19(23-5-2)10-7-11-21(25)27-6-3/h7,10,15,19-25H,4-6,8-9,11-14,16-17H2,1-3H3/b10-7-/t19-,20-,21-/m1/s1. The Morgan fingerprint density at radius 1 is 1.37 bits per heavy atom. The Labute approximate surface area is 165 Å². The van der Waals surface area contributed by atoms with Gasteiger partial charge in [0.1, 0.15) is 0 Å². The fourth-order valence-electron chi connectivity index (χ4n) is 3.11. The number of aliphatic hydroxyl groups is 1. The maximum Gasteiger partial charge on any atom is 0.157 e. The highest BCUT2D eigenvalue weighted by Gasteiger charge is 2.14. The average Bonchev–Trinajstić information content (AvgIpc) is 2.89. The van der Waals surface area contributed by atoms with E-state index in [1.165, 1.54) is 5.57 Å². The highest BCUT2D eigenvalue weighted by atomic mass is 16.6. The van der Waals surface area contributed by atoms with Crippen LogP contribution in [0.2, 0.25) is 0 Å². The second kappa shape index (κ2) is 16.1. The maximum atomic E-state index is 9.64. The summed E-state index contributed by atoms with van der Waals surface area (Å²) in [5.41, 5.74) is 1.35. The summed E-state index contributed by atoms with van der Waals surface area (Å²) in [5.74, 6) is 0. The molecule has 6 nitrogen and oxygen atoms in total. The van der Waals surface area contributed by atoms with Crippen LogP contribution in [0.1, 0.15) is 52.9 Å². The first-order valence-electron chi connectivity index (χ1n) is 10.6. The molecule has 0 aliphatic carbocycles. The lowest BCUT2D eigenvalue weighted by atomic mass is 10.1. The topological polar surface area (TPSA) is 74.8 Å². The predicted molar refractivity (Wildman–Crippen MR) is 112 cm³/mol. The van der Waals surface area contributed by atoms with E-state index in [0.717, 1.165) is 58.5 Å². The number of aliphatic hydroxyl groups excluding tert-OH is 1. The van der Waals surface area contributed by atoms with Gasteiger partial charge in [0.25, 0.3) is 0 Å². The van der Waals surface area contributed by atoms with E-state index in [9.17, 15) is 5.11 Å².